The van der Waals surface area contributed by atoms with Gasteiger partial charge < -0.3 is 5.11 Å². The molecule has 1 aromatic heterocycles. The van der Waals surface area contributed by atoms with E-state index in [1.807, 2.05) is 30.3 Å². The molecular formula is C18H16N4O3. The van der Waals surface area contributed by atoms with Crippen LogP contribution in [0.25, 0.3) is 0 Å². The van der Waals surface area contributed by atoms with E-state index in [1.54, 1.807) is 18.2 Å². The van der Waals surface area contributed by atoms with Gasteiger partial charge in [-0.3, -0.25) is 15.2 Å². The van der Waals surface area contributed by atoms with Gasteiger partial charge in [-0.15, -0.1) is 5.10 Å². The molecular weight excluding hydrogens is 320 g/mol. The highest BCUT2D eigenvalue weighted by Gasteiger charge is 2.14. The number of carboxylic acid groups (broad SMARTS) is 1. The summed E-state index contributed by atoms with van der Waals surface area (Å²) in [7, 11) is 0. The van der Waals surface area contributed by atoms with Crippen LogP contribution < -0.4 is 5.32 Å². The molecule has 0 aliphatic rings. The molecule has 0 unspecified atom stereocenters. The summed E-state index contributed by atoms with van der Waals surface area (Å²) in [6, 6.07) is 16.2. The number of anilines is 1. The molecule has 1 heterocycles. The van der Waals surface area contributed by atoms with Crippen molar-refractivity contribution in [2.75, 3.05) is 5.32 Å². The Morgan fingerprint density at radius 2 is 1.76 bits per heavy atom. The lowest BCUT2D eigenvalue weighted by molar-refractivity contribution is -0.115. The Bertz CT molecular complexity index is 890. The van der Waals surface area contributed by atoms with E-state index in [1.165, 1.54) is 6.07 Å². The van der Waals surface area contributed by atoms with Crippen LogP contribution >= 0.6 is 0 Å². The van der Waals surface area contributed by atoms with Crippen LogP contribution in [0.3, 0.4) is 0 Å². The SMILES string of the molecule is O=C(Cc1ccccc1C(=O)O)Nc1n[nH]c(Cc2ccccc2)n1. The van der Waals surface area contributed by atoms with E-state index in [-0.39, 0.29) is 23.8 Å². The fourth-order valence-corrected chi connectivity index (χ4v) is 2.44. The van der Waals surface area contributed by atoms with E-state index in [9.17, 15) is 9.59 Å². The van der Waals surface area contributed by atoms with Gasteiger partial charge in [0.1, 0.15) is 5.82 Å². The Balaban J connectivity index is 1.63. The van der Waals surface area contributed by atoms with Crippen LogP contribution in [0.2, 0.25) is 0 Å². The summed E-state index contributed by atoms with van der Waals surface area (Å²) in [6.45, 7) is 0. The number of rotatable bonds is 6. The number of amides is 1. The molecule has 7 heteroatoms. The second-order valence-electron chi connectivity index (χ2n) is 5.46. The van der Waals surface area contributed by atoms with Gasteiger partial charge in [0.05, 0.1) is 12.0 Å². The lowest BCUT2D eigenvalue weighted by Crippen LogP contribution is -2.17. The molecule has 0 atom stereocenters. The van der Waals surface area contributed by atoms with Gasteiger partial charge in [-0.05, 0) is 17.2 Å². The van der Waals surface area contributed by atoms with Crippen molar-refractivity contribution in [2.45, 2.75) is 12.8 Å². The maximum atomic E-state index is 12.1. The predicted octanol–water partition coefficient (Wildman–Crippen LogP) is 2.27. The maximum Gasteiger partial charge on any atom is 0.335 e. The Kier molecular flexibility index (Phi) is 4.84. The number of carboxylic acids is 1. The number of H-pyrrole nitrogens is 1. The second kappa shape index (κ2) is 7.39. The normalized spacial score (nSPS) is 10.4. The molecule has 0 fully saturated rings. The topological polar surface area (TPSA) is 108 Å². The van der Waals surface area contributed by atoms with Gasteiger partial charge in [-0.1, -0.05) is 48.5 Å². The van der Waals surface area contributed by atoms with Crippen LogP contribution in [0.4, 0.5) is 5.95 Å². The average molecular weight is 336 g/mol. The first-order valence-corrected chi connectivity index (χ1v) is 7.68. The van der Waals surface area contributed by atoms with E-state index in [0.717, 1.165) is 5.56 Å². The first kappa shape index (κ1) is 16.4. The van der Waals surface area contributed by atoms with Gasteiger partial charge in [-0.25, -0.2) is 4.79 Å². The molecule has 0 saturated heterocycles. The van der Waals surface area contributed by atoms with Crippen LogP contribution in [-0.2, 0) is 17.6 Å². The Hall–Kier alpha value is -3.48. The van der Waals surface area contributed by atoms with Crippen molar-refractivity contribution >= 4 is 17.8 Å². The molecule has 2 aromatic carbocycles. The molecule has 3 N–H and O–H groups in total. The third-order valence-corrected chi connectivity index (χ3v) is 3.60. The number of aromatic carboxylic acids is 1. The molecule has 0 bridgehead atoms. The summed E-state index contributed by atoms with van der Waals surface area (Å²) in [4.78, 5) is 27.5. The summed E-state index contributed by atoms with van der Waals surface area (Å²) in [6.07, 6.45) is 0.511. The summed E-state index contributed by atoms with van der Waals surface area (Å²) in [5.74, 6) is -0.637. The highest BCUT2D eigenvalue weighted by Crippen LogP contribution is 2.11. The standard InChI is InChI=1S/C18H16N4O3/c23-16(11-13-8-4-5-9-14(13)17(24)25)20-18-19-15(21-22-18)10-12-6-2-1-3-7-12/h1-9H,10-11H2,(H,24,25)(H2,19,20,21,22,23). The van der Waals surface area contributed by atoms with E-state index >= 15 is 0 Å². The molecule has 3 aromatic rings. The highest BCUT2D eigenvalue weighted by molar-refractivity contribution is 5.95. The zero-order chi connectivity index (χ0) is 17.6. The predicted molar refractivity (Wildman–Crippen MR) is 91.4 cm³/mol. The van der Waals surface area contributed by atoms with Gasteiger partial charge >= 0.3 is 5.97 Å². The van der Waals surface area contributed by atoms with Crippen molar-refractivity contribution in [3.63, 3.8) is 0 Å². The number of aromatic amines is 1. The molecule has 1 amide bonds. The minimum Gasteiger partial charge on any atom is -0.478 e. The van der Waals surface area contributed by atoms with Crippen LogP contribution in [0.1, 0.15) is 27.3 Å². The van der Waals surface area contributed by atoms with E-state index in [0.29, 0.717) is 17.8 Å². The largest absolute Gasteiger partial charge is 0.478 e. The summed E-state index contributed by atoms with van der Waals surface area (Å²) in [5, 5.41) is 18.5. The molecule has 126 valence electrons. The summed E-state index contributed by atoms with van der Waals surface area (Å²) in [5.41, 5.74) is 1.62. The number of carbonyl (C=O) groups excluding carboxylic acids is 1. The minimum atomic E-state index is -1.06. The molecule has 7 nitrogen and oxygen atoms in total. The molecule has 0 saturated carbocycles. The lowest BCUT2D eigenvalue weighted by atomic mass is 10.0. The maximum absolute atomic E-state index is 12.1. The number of aromatic nitrogens is 3. The fourth-order valence-electron chi connectivity index (χ4n) is 2.44. The number of hydrogen-bond acceptors (Lipinski definition) is 4. The fraction of sp³-hybridized carbons (Fsp3) is 0.111. The van der Waals surface area contributed by atoms with Crippen molar-refractivity contribution in [3.8, 4) is 0 Å². The van der Waals surface area contributed by atoms with Crippen molar-refractivity contribution in [3.05, 3.63) is 77.1 Å². The summed E-state index contributed by atoms with van der Waals surface area (Å²) >= 11 is 0. The molecule has 3 rings (SSSR count). The van der Waals surface area contributed by atoms with Gasteiger partial charge in [0.25, 0.3) is 0 Å². The monoisotopic (exact) mass is 336 g/mol. The van der Waals surface area contributed by atoms with Gasteiger partial charge in [0, 0.05) is 6.42 Å². The number of hydrogen-bond donors (Lipinski definition) is 3. The molecule has 0 aliphatic heterocycles. The van der Waals surface area contributed by atoms with Crippen molar-refractivity contribution in [1.82, 2.24) is 15.2 Å². The van der Waals surface area contributed by atoms with Gasteiger partial charge in [0.15, 0.2) is 0 Å². The summed E-state index contributed by atoms with van der Waals surface area (Å²) < 4.78 is 0. The second-order valence-corrected chi connectivity index (χ2v) is 5.46. The first-order valence-electron chi connectivity index (χ1n) is 7.68. The number of nitrogens with zero attached hydrogens (tertiary/aromatic N) is 2. The smallest absolute Gasteiger partial charge is 0.335 e. The van der Waals surface area contributed by atoms with E-state index < -0.39 is 5.97 Å². The zero-order valence-electron chi connectivity index (χ0n) is 13.3. The average Bonchev–Trinajstić information content (AvgIpc) is 3.02. The zero-order valence-corrected chi connectivity index (χ0v) is 13.3. The first-order chi connectivity index (χ1) is 12.1. The quantitative estimate of drug-likeness (QED) is 0.640. The van der Waals surface area contributed by atoms with Crippen LogP contribution in [0.5, 0.6) is 0 Å². The van der Waals surface area contributed by atoms with E-state index in [4.69, 9.17) is 5.11 Å². The van der Waals surface area contributed by atoms with Crippen molar-refractivity contribution < 1.29 is 14.7 Å². The van der Waals surface area contributed by atoms with E-state index in [2.05, 4.69) is 20.5 Å². The van der Waals surface area contributed by atoms with Crippen LogP contribution in [-0.4, -0.2) is 32.2 Å². The minimum absolute atomic E-state index is 0.0645. The molecule has 0 spiro atoms. The number of nitrogens with one attached hydrogen (secondary N) is 2. The van der Waals surface area contributed by atoms with Gasteiger partial charge in [-0.2, -0.15) is 4.98 Å². The highest BCUT2D eigenvalue weighted by atomic mass is 16.4. The number of benzene rings is 2. The Morgan fingerprint density at radius 1 is 1.04 bits per heavy atom. The third-order valence-electron chi connectivity index (χ3n) is 3.60. The lowest BCUT2D eigenvalue weighted by Gasteiger charge is -2.05. The Morgan fingerprint density at radius 3 is 2.52 bits per heavy atom. The number of carbonyl (C=O) groups is 2. The Labute approximate surface area is 143 Å². The van der Waals surface area contributed by atoms with Crippen molar-refractivity contribution in [1.29, 1.82) is 0 Å². The van der Waals surface area contributed by atoms with Crippen LogP contribution in [0, 0.1) is 0 Å². The molecule has 0 aliphatic carbocycles. The third kappa shape index (κ3) is 4.29. The molecule has 25 heavy (non-hydrogen) atoms. The van der Waals surface area contributed by atoms with Crippen molar-refractivity contribution in [2.24, 2.45) is 0 Å². The van der Waals surface area contributed by atoms with Crippen LogP contribution in [0.15, 0.2) is 54.6 Å². The molecule has 0 radical (unpaired) electrons. The van der Waals surface area contributed by atoms with Gasteiger partial charge in [0.2, 0.25) is 11.9 Å².